The molecule has 0 saturated carbocycles. The predicted octanol–water partition coefficient (Wildman–Crippen LogP) is -1.35. The molecule has 88 valence electrons. The number of aromatic nitrogens is 3. The molecular formula is C2H8N3O7P3. The van der Waals surface area contributed by atoms with E-state index in [-0.39, 0.29) is 12.8 Å². The molecule has 0 spiro atoms. The molecule has 0 aliphatic carbocycles. The van der Waals surface area contributed by atoms with Crippen LogP contribution in [0.3, 0.4) is 0 Å². The summed E-state index contributed by atoms with van der Waals surface area (Å²) < 4.78 is 8.35. The summed E-state index contributed by atoms with van der Waals surface area (Å²) in [6.07, 6.45) is 0. The largest absolute Gasteiger partial charge is 0.388 e. The highest BCUT2D eigenvalue weighted by Crippen LogP contribution is 2.33. The molecule has 1 aromatic rings. The van der Waals surface area contributed by atoms with Gasteiger partial charge in [-0.3, -0.25) is 10.4 Å². The van der Waals surface area contributed by atoms with Gasteiger partial charge in [0.1, 0.15) is 6.61 Å². The van der Waals surface area contributed by atoms with Crippen molar-refractivity contribution >= 4 is 24.7 Å². The Morgan fingerprint density at radius 2 is 2.00 bits per heavy atom. The van der Waals surface area contributed by atoms with Crippen molar-refractivity contribution in [3.8, 4) is 0 Å². The van der Waals surface area contributed by atoms with Crippen LogP contribution in [0.1, 0.15) is 0 Å². The molecule has 2 atom stereocenters. The topological polar surface area (TPSA) is 153 Å². The van der Waals surface area contributed by atoms with E-state index < -0.39 is 28.7 Å². The van der Waals surface area contributed by atoms with Crippen molar-refractivity contribution in [3.63, 3.8) is 0 Å². The number of aliphatic hydroxyl groups is 3. The van der Waals surface area contributed by atoms with E-state index in [4.69, 9.17) is 25.4 Å². The quantitative estimate of drug-likeness (QED) is 0.293. The molecule has 0 aliphatic rings. The van der Waals surface area contributed by atoms with E-state index in [1.807, 2.05) is 0 Å². The SMILES string of the molecule is OCC(O)(O)Op1npn(O)p(O)n1O. The number of hydrogen-bond donors (Lipinski definition) is 6. The number of hydrogen-bond acceptors (Lipinski definition) is 8. The molecule has 0 radical (unpaired) electrons. The monoisotopic (exact) mass is 279 g/mol. The number of nitrogens with zero attached hydrogens (tertiary/aromatic N) is 3. The third kappa shape index (κ3) is 3.24. The van der Waals surface area contributed by atoms with Crippen LogP contribution < -0.4 is 4.52 Å². The Morgan fingerprint density at radius 1 is 1.40 bits per heavy atom. The van der Waals surface area contributed by atoms with E-state index in [0.717, 1.165) is 0 Å². The smallest absolute Gasteiger partial charge is 0.312 e. The van der Waals surface area contributed by atoms with Gasteiger partial charge >= 0.3 is 5.97 Å². The third-order valence-electron chi connectivity index (χ3n) is 1.10. The molecule has 13 heteroatoms. The lowest BCUT2D eigenvalue weighted by Gasteiger charge is -2.19. The molecule has 0 saturated heterocycles. The Bertz CT molecular complexity index is 373. The first-order valence-electron chi connectivity index (χ1n) is 3.30. The second-order valence-corrected chi connectivity index (χ2v) is 6.49. The van der Waals surface area contributed by atoms with Crippen molar-refractivity contribution in [3.05, 3.63) is 0 Å². The van der Waals surface area contributed by atoms with Gasteiger partial charge in [0.2, 0.25) is 16.2 Å². The predicted molar refractivity (Wildman–Crippen MR) is 48.6 cm³/mol. The van der Waals surface area contributed by atoms with Crippen LogP contribution in [0.5, 0.6) is 0 Å². The Labute approximate surface area is 86.2 Å². The van der Waals surface area contributed by atoms with Gasteiger partial charge in [-0.2, -0.15) is 0 Å². The van der Waals surface area contributed by atoms with E-state index >= 15 is 0 Å². The van der Waals surface area contributed by atoms with Crippen LogP contribution in [-0.2, 0) is 0 Å². The summed E-state index contributed by atoms with van der Waals surface area (Å²) >= 11 is 0. The number of aliphatic hydroxyl groups excluding tert-OH is 1. The highest BCUT2D eigenvalue weighted by molar-refractivity contribution is 7.55. The zero-order valence-corrected chi connectivity index (χ0v) is 9.67. The van der Waals surface area contributed by atoms with E-state index in [9.17, 15) is 5.21 Å². The van der Waals surface area contributed by atoms with Gasteiger partial charge in [-0.15, -0.1) is 13.0 Å². The van der Waals surface area contributed by atoms with Crippen LogP contribution in [0.25, 0.3) is 0 Å². The van der Waals surface area contributed by atoms with Gasteiger partial charge in [-0.05, 0) is 0 Å². The normalized spacial score (nSPS) is 14.8. The van der Waals surface area contributed by atoms with Crippen LogP contribution >= 0.6 is 24.7 Å². The van der Waals surface area contributed by atoms with Gasteiger partial charge < -0.3 is 20.2 Å². The van der Waals surface area contributed by atoms with E-state index in [0.29, 0.717) is 4.26 Å². The molecule has 0 bridgehead atoms. The first kappa shape index (κ1) is 13.1. The zero-order valence-electron chi connectivity index (χ0n) is 6.98. The Morgan fingerprint density at radius 3 is 2.53 bits per heavy atom. The third-order valence-corrected chi connectivity index (χ3v) is 5.26. The lowest BCUT2D eigenvalue weighted by Crippen LogP contribution is -2.39. The van der Waals surface area contributed by atoms with Crippen LogP contribution in [0.15, 0.2) is 0 Å². The molecule has 0 aromatic carbocycles. The van der Waals surface area contributed by atoms with Crippen molar-refractivity contribution < 1.29 is 35.2 Å². The molecule has 1 heterocycles. The first-order valence-corrected chi connectivity index (χ1v) is 6.47. The molecule has 0 fully saturated rings. The fraction of sp³-hybridized carbons (Fsp3) is 1.00. The lowest BCUT2D eigenvalue weighted by atomic mass is 10.6. The standard InChI is InChI=1S/C2H8N3O7P3/c6-1-2(7,8)12-14-3-13-4(9)15(11)5(14)10/h6-11H,1H2. The van der Waals surface area contributed by atoms with Crippen LogP contribution in [0.4, 0.5) is 0 Å². The summed E-state index contributed by atoms with van der Waals surface area (Å²) in [5.41, 5.74) is 0. The molecule has 6 N–H and O–H groups in total. The average molecular weight is 279 g/mol. The minimum atomic E-state index is -2.86. The maximum absolute atomic E-state index is 9.18. The Kier molecular flexibility index (Phi) is 4.28. The Balaban J connectivity index is 3.02. The molecule has 10 nitrogen and oxygen atoms in total. The van der Waals surface area contributed by atoms with Crippen molar-refractivity contribution in [2.24, 2.45) is 0 Å². The molecule has 0 amide bonds. The second kappa shape index (κ2) is 4.90. The zero-order chi connectivity index (χ0) is 11.6. The minimum Gasteiger partial charge on any atom is -0.388 e. The fourth-order valence-corrected chi connectivity index (χ4v) is 4.25. The van der Waals surface area contributed by atoms with Crippen molar-refractivity contribution in [2.45, 2.75) is 5.97 Å². The minimum absolute atomic E-state index is 0.110. The van der Waals surface area contributed by atoms with E-state index in [2.05, 4.69) is 9.03 Å². The molecule has 15 heavy (non-hydrogen) atoms. The molecular weight excluding hydrogens is 271 g/mol. The lowest BCUT2D eigenvalue weighted by molar-refractivity contribution is -0.288. The maximum atomic E-state index is 9.18. The number of rotatable bonds is 3. The van der Waals surface area contributed by atoms with Gasteiger partial charge in [0.15, 0.2) is 8.51 Å². The van der Waals surface area contributed by atoms with Gasteiger partial charge in [0.05, 0.1) is 0 Å². The summed E-state index contributed by atoms with van der Waals surface area (Å²) in [5, 5.41) is 44.3. The van der Waals surface area contributed by atoms with E-state index in [1.54, 1.807) is 0 Å². The average Bonchev–Trinajstić information content (AvgIpc) is 2.19. The van der Waals surface area contributed by atoms with E-state index in [1.165, 1.54) is 0 Å². The highest BCUT2D eigenvalue weighted by Gasteiger charge is 2.26. The summed E-state index contributed by atoms with van der Waals surface area (Å²) in [5.74, 6) is -2.86. The Hall–Kier alpha value is 0.0200. The molecule has 1 rings (SSSR count). The van der Waals surface area contributed by atoms with Gasteiger partial charge in [-0.1, -0.05) is 0 Å². The fourth-order valence-electron chi connectivity index (χ4n) is 0.496. The van der Waals surface area contributed by atoms with Crippen molar-refractivity contribution in [2.75, 3.05) is 6.61 Å². The molecule has 2 unspecified atom stereocenters. The van der Waals surface area contributed by atoms with Gasteiger partial charge in [0, 0.05) is 0 Å². The summed E-state index contributed by atoms with van der Waals surface area (Å²) in [7, 11) is -4.82. The second-order valence-electron chi connectivity index (χ2n) is 2.23. The van der Waals surface area contributed by atoms with Crippen LogP contribution in [0, 0.1) is 0 Å². The summed E-state index contributed by atoms with van der Waals surface area (Å²) in [4.78, 5) is 9.15. The highest BCUT2D eigenvalue weighted by atomic mass is 31.2. The van der Waals surface area contributed by atoms with Gasteiger partial charge in [-0.25, -0.2) is 4.52 Å². The summed E-state index contributed by atoms with van der Waals surface area (Å²) in [6.45, 7) is -1.13. The van der Waals surface area contributed by atoms with Crippen LogP contribution in [-0.4, -0.2) is 56.2 Å². The van der Waals surface area contributed by atoms with Gasteiger partial charge in [0.25, 0.3) is 0 Å². The van der Waals surface area contributed by atoms with Crippen molar-refractivity contribution in [1.82, 2.24) is 13.0 Å². The first-order chi connectivity index (χ1) is 6.87. The van der Waals surface area contributed by atoms with Crippen molar-refractivity contribution in [1.29, 1.82) is 0 Å². The molecule has 0 aliphatic heterocycles. The summed E-state index contributed by atoms with van der Waals surface area (Å²) in [6, 6.07) is 0. The molecule has 1 aromatic heterocycles. The maximum Gasteiger partial charge on any atom is 0.312 e. The van der Waals surface area contributed by atoms with Crippen LogP contribution in [0.2, 0.25) is 0 Å².